The summed E-state index contributed by atoms with van der Waals surface area (Å²) in [5.41, 5.74) is 6.50. The molecule has 1 saturated carbocycles. The molecule has 9 nitrogen and oxygen atoms in total. The van der Waals surface area contributed by atoms with E-state index in [2.05, 4.69) is 20.6 Å². The fourth-order valence-electron chi connectivity index (χ4n) is 4.69. The fraction of sp³-hybridized carbons (Fsp3) is 0.500. The molecule has 1 aliphatic rings. The lowest BCUT2D eigenvalue weighted by Gasteiger charge is -2.26. The van der Waals surface area contributed by atoms with Crippen molar-refractivity contribution in [1.82, 2.24) is 19.5 Å². The molecule has 2 heterocycles. The molecule has 36 heavy (non-hydrogen) atoms. The largest absolute Gasteiger partial charge is 0.393 e. The molecular formula is C24H30Cl2FN7O2. The minimum absolute atomic E-state index is 0.0327. The fourth-order valence-corrected chi connectivity index (χ4v) is 5.21. The number of hydrogen-bond donors (Lipinski definition) is 4. The summed E-state index contributed by atoms with van der Waals surface area (Å²) in [6, 6.07) is 2.48. The lowest BCUT2D eigenvalue weighted by atomic mass is 9.93. The Hall–Kier alpha value is -2.69. The average molecular weight is 538 g/mol. The first kappa shape index (κ1) is 26.4. The third kappa shape index (κ3) is 6.16. The van der Waals surface area contributed by atoms with E-state index in [4.69, 9.17) is 33.9 Å². The molecule has 0 unspecified atom stereocenters. The van der Waals surface area contributed by atoms with Gasteiger partial charge in [0.1, 0.15) is 11.3 Å². The van der Waals surface area contributed by atoms with Crippen LogP contribution in [0.4, 0.5) is 22.0 Å². The number of nitrogens with two attached hydrogens (primary N) is 1. The molecule has 3 aromatic rings. The second-order valence-electron chi connectivity index (χ2n) is 9.19. The molecule has 3 atom stereocenters. The monoisotopic (exact) mass is 537 g/mol. The van der Waals surface area contributed by atoms with Gasteiger partial charge in [0.15, 0.2) is 5.65 Å². The van der Waals surface area contributed by atoms with Crippen LogP contribution in [0.3, 0.4) is 0 Å². The Morgan fingerprint density at radius 1 is 1.31 bits per heavy atom. The summed E-state index contributed by atoms with van der Waals surface area (Å²) in [5, 5.41) is 16.6. The molecule has 1 amide bonds. The number of halogens is 3. The number of hydrogen-bond acceptors (Lipinski definition) is 7. The lowest BCUT2D eigenvalue weighted by Crippen LogP contribution is -2.30. The third-order valence-electron chi connectivity index (χ3n) is 6.37. The zero-order chi connectivity index (χ0) is 25.8. The van der Waals surface area contributed by atoms with Gasteiger partial charge in [-0.15, -0.1) is 0 Å². The van der Waals surface area contributed by atoms with Crippen molar-refractivity contribution in [1.29, 1.82) is 0 Å². The van der Waals surface area contributed by atoms with Crippen LogP contribution in [0.5, 0.6) is 0 Å². The number of primary amides is 1. The molecule has 1 aromatic carbocycles. The summed E-state index contributed by atoms with van der Waals surface area (Å²) in [5.74, 6) is -0.306. The number of fused-ring (bicyclic) bond motifs is 1. The number of nitrogens with zero attached hydrogens (tertiary/aromatic N) is 4. The number of nitrogens with one attached hydrogen (secondary N) is 2. The van der Waals surface area contributed by atoms with Gasteiger partial charge in [-0.3, -0.25) is 9.36 Å². The maximum Gasteiger partial charge on any atom is 0.224 e. The van der Waals surface area contributed by atoms with E-state index in [9.17, 15) is 14.3 Å². The lowest BCUT2D eigenvalue weighted by molar-refractivity contribution is -0.118. The van der Waals surface area contributed by atoms with Crippen LogP contribution in [0.25, 0.3) is 11.2 Å². The van der Waals surface area contributed by atoms with Gasteiger partial charge in [0.25, 0.3) is 0 Å². The van der Waals surface area contributed by atoms with Crippen LogP contribution in [0.2, 0.25) is 10.0 Å². The molecule has 1 fully saturated rings. The predicted molar refractivity (Wildman–Crippen MR) is 139 cm³/mol. The number of imidazole rings is 1. The normalized spacial score (nSPS) is 18.8. The van der Waals surface area contributed by atoms with E-state index < -0.39 is 11.7 Å². The van der Waals surface area contributed by atoms with Crippen LogP contribution >= 0.6 is 23.2 Å². The molecule has 2 aromatic heterocycles. The predicted octanol–water partition coefficient (Wildman–Crippen LogP) is 5.34. The van der Waals surface area contributed by atoms with Gasteiger partial charge in [0.05, 0.1) is 23.0 Å². The number of rotatable bonds is 10. The summed E-state index contributed by atoms with van der Waals surface area (Å²) < 4.78 is 16.6. The third-order valence-corrected chi connectivity index (χ3v) is 6.88. The Morgan fingerprint density at radius 3 is 2.81 bits per heavy atom. The highest BCUT2D eigenvalue weighted by atomic mass is 35.5. The molecule has 12 heteroatoms. The van der Waals surface area contributed by atoms with Crippen molar-refractivity contribution in [2.75, 3.05) is 10.6 Å². The number of benzene rings is 1. The van der Waals surface area contributed by atoms with Gasteiger partial charge < -0.3 is 21.5 Å². The Morgan fingerprint density at radius 2 is 2.11 bits per heavy atom. The first-order chi connectivity index (χ1) is 17.2. The smallest absolute Gasteiger partial charge is 0.224 e. The Labute approximate surface area is 218 Å². The molecule has 1 aliphatic carbocycles. The maximum absolute atomic E-state index is 14.8. The highest BCUT2D eigenvalue weighted by Gasteiger charge is 2.25. The number of amides is 1. The molecule has 4 rings (SSSR count). The molecule has 0 saturated heterocycles. The second-order valence-corrected chi connectivity index (χ2v) is 10.0. The van der Waals surface area contributed by atoms with E-state index in [-0.39, 0.29) is 40.3 Å². The van der Waals surface area contributed by atoms with Gasteiger partial charge in [-0.25, -0.2) is 14.4 Å². The van der Waals surface area contributed by atoms with Crippen molar-refractivity contribution in [2.24, 2.45) is 5.73 Å². The number of carbonyl (C=O) groups excluding carboxylic acids is 1. The van der Waals surface area contributed by atoms with Crippen LogP contribution in [0.1, 0.15) is 64.3 Å². The first-order valence-electron chi connectivity index (χ1n) is 12.1. The van der Waals surface area contributed by atoms with E-state index in [0.29, 0.717) is 42.3 Å². The Balaban J connectivity index is 1.77. The summed E-state index contributed by atoms with van der Waals surface area (Å²) in [7, 11) is 0. The SMILES string of the molecule is CCC[C@H](CCC(N)=O)n1c(Nc2c(F)cc(Cl)cc2Cl)nc2cnc(N[C@H]3CCC[C@H](O)C3)nc21. The Kier molecular flexibility index (Phi) is 8.48. The zero-order valence-electron chi connectivity index (χ0n) is 20.0. The van der Waals surface area contributed by atoms with Crippen LogP contribution in [-0.4, -0.2) is 42.7 Å². The van der Waals surface area contributed by atoms with Crippen LogP contribution in [0.15, 0.2) is 18.3 Å². The van der Waals surface area contributed by atoms with Crippen molar-refractivity contribution in [3.63, 3.8) is 0 Å². The van der Waals surface area contributed by atoms with Crippen molar-refractivity contribution in [3.8, 4) is 0 Å². The molecule has 0 spiro atoms. The van der Waals surface area contributed by atoms with Crippen molar-refractivity contribution in [3.05, 3.63) is 34.2 Å². The van der Waals surface area contributed by atoms with Gasteiger partial charge >= 0.3 is 0 Å². The summed E-state index contributed by atoms with van der Waals surface area (Å²) in [4.78, 5) is 25.4. The van der Waals surface area contributed by atoms with E-state index in [0.717, 1.165) is 25.7 Å². The second kappa shape index (κ2) is 11.6. The molecule has 194 valence electrons. The van der Waals surface area contributed by atoms with Crippen LogP contribution < -0.4 is 16.4 Å². The number of aromatic nitrogens is 4. The van der Waals surface area contributed by atoms with E-state index >= 15 is 0 Å². The van der Waals surface area contributed by atoms with Gasteiger partial charge in [-0.1, -0.05) is 36.5 Å². The number of anilines is 3. The summed E-state index contributed by atoms with van der Waals surface area (Å²) in [6.07, 6.45) is 6.69. The van der Waals surface area contributed by atoms with Gasteiger partial charge in [-0.05, 0) is 50.7 Å². The van der Waals surface area contributed by atoms with E-state index in [1.54, 1.807) is 6.20 Å². The molecule has 0 radical (unpaired) electrons. The summed E-state index contributed by atoms with van der Waals surface area (Å²) >= 11 is 12.2. The summed E-state index contributed by atoms with van der Waals surface area (Å²) in [6.45, 7) is 2.04. The Bertz CT molecular complexity index is 1220. The van der Waals surface area contributed by atoms with Crippen molar-refractivity contribution >= 4 is 57.9 Å². The van der Waals surface area contributed by atoms with Crippen molar-refractivity contribution < 1.29 is 14.3 Å². The number of aliphatic hydroxyl groups is 1. The highest BCUT2D eigenvalue weighted by Crippen LogP contribution is 2.35. The minimum Gasteiger partial charge on any atom is -0.393 e. The number of aliphatic hydroxyl groups excluding tert-OH is 1. The standard InChI is InChI=1S/C24H30Cl2FN7O2/c1-2-4-15(7-8-20(28)36)34-22-19(12-29-23(33-22)30-14-5-3-6-16(35)11-14)31-24(34)32-21-17(26)9-13(25)10-18(21)27/h9-10,12,14-16,35H,2-8,11H2,1H3,(H2,28,36)(H,31,32)(H,29,30,33)/t14-,15+,16-/m0/s1. The van der Waals surface area contributed by atoms with Crippen LogP contribution in [0, 0.1) is 5.82 Å². The maximum atomic E-state index is 14.8. The van der Waals surface area contributed by atoms with Gasteiger partial charge in [-0.2, -0.15) is 4.98 Å². The highest BCUT2D eigenvalue weighted by molar-refractivity contribution is 6.36. The van der Waals surface area contributed by atoms with E-state index in [1.807, 2.05) is 11.5 Å². The molecular weight excluding hydrogens is 508 g/mol. The van der Waals surface area contributed by atoms with Crippen molar-refractivity contribution in [2.45, 2.75) is 76.5 Å². The quantitative estimate of drug-likeness (QED) is 0.274. The molecule has 0 bridgehead atoms. The molecule has 5 N–H and O–H groups in total. The van der Waals surface area contributed by atoms with Gasteiger partial charge in [0, 0.05) is 23.5 Å². The number of carbonyl (C=O) groups is 1. The topological polar surface area (TPSA) is 131 Å². The zero-order valence-corrected chi connectivity index (χ0v) is 21.5. The van der Waals surface area contributed by atoms with E-state index in [1.165, 1.54) is 12.1 Å². The molecule has 0 aliphatic heterocycles. The minimum atomic E-state index is -0.625. The van der Waals surface area contributed by atoms with Gasteiger partial charge in [0.2, 0.25) is 17.8 Å². The average Bonchev–Trinajstić information content (AvgIpc) is 3.16. The first-order valence-corrected chi connectivity index (χ1v) is 12.9. The van der Waals surface area contributed by atoms with Crippen LogP contribution in [-0.2, 0) is 4.79 Å².